The van der Waals surface area contributed by atoms with E-state index in [4.69, 9.17) is 5.11 Å². The lowest BCUT2D eigenvalue weighted by Crippen LogP contribution is -2.05. The Kier molecular flexibility index (Phi) is 3.37. The van der Waals surface area contributed by atoms with E-state index in [0.29, 0.717) is 11.5 Å². The van der Waals surface area contributed by atoms with Crippen molar-refractivity contribution in [1.29, 1.82) is 0 Å². The number of aliphatic carboxylic acids is 1. The Morgan fingerprint density at radius 1 is 1.22 bits per heavy atom. The molecule has 4 heteroatoms. The fourth-order valence-electron chi connectivity index (χ4n) is 1.87. The standard InChI is InChI=1S/C14H14N2O2/c1-9-5-3-4-6-12(9)13-7-11(8-14(17)18)15-10(2)16-13/h3-7H,8H2,1-2H3,(H,17,18). The van der Waals surface area contributed by atoms with Gasteiger partial charge in [-0.15, -0.1) is 0 Å². The molecule has 0 atom stereocenters. The molecule has 1 aromatic heterocycles. The molecule has 0 aliphatic carbocycles. The number of hydrogen-bond donors (Lipinski definition) is 1. The number of carbonyl (C=O) groups is 1. The zero-order chi connectivity index (χ0) is 13.1. The number of nitrogens with zero attached hydrogens (tertiary/aromatic N) is 2. The lowest BCUT2D eigenvalue weighted by molar-refractivity contribution is -0.136. The molecule has 0 fully saturated rings. The third kappa shape index (κ3) is 2.71. The highest BCUT2D eigenvalue weighted by molar-refractivity contribution is 5.71. The predicted octanol–water partition coefficient (Wildman–Crippen LogP) is 2.39. The van der Waals surface area contributed by atoms with Crippen LogP contribution in [-0.2, 0) is 11.2 Å². The van der Waals surface area contributed by atoms with Crippen LogP contribution >= 0.6 is 0 Å². The highest BCUT2D eigenvalue weighted by Crippen LogP contribution is 2.21. The number of benzene rings is 1. The minimum absolute atomic E-state index is 0.0811. The van der Waals surface area contributed by atoms with Gasteiger partial charge in [0.05, 0.1) is 17.8 Å². The highest BCUT2D eigenvalue weighted by Gasteiger charge is 2.08. The summed E-state index contributed by atoms with van der Waals surface area (Å²) in [5, 5.41) is 8.81. The van der Waals surface area contributed by atoms with E-state index in [1.54, 1.807) is 13.0 Å². The first-order chi connectivity index (χ1) is 8.56. The summed E-state index contributed by atoms with van der Waals surface area (Å²) in [6.45, 7) is 3.77. The molecule has 0 saturated heterocycles. The summed E-state index contributed by atoms with van der Waals surface area (Å²) in [4.78, 5) is 19.2. The molecule has 0 saturated carbocycles. The molecule has 4 nitrogen and oxygen atoms in total. The second kappa shape index (κ2) is 4.96. The molecule has 1 heterocycles. The van der Waals surface area contributed by atoms with Crippen LogP contribution in [-0.4, -0.2) is 21.0 Å². The van der Waals surface area contributed by atoms with Crippen molar-refractivity contribution in [3.63, 3.8) is 0 Å². The second-order valence-electron chi connectivity index (χ2n) is 4.18. The first-order valence-electron chi connectivity index (χ1n) is 5.68. The minimum atomic E-state index is -0.885. The van der Waals surface area contributed by atoms with Crippen LogP contribution in [0.2, 0.25) is 0 Å². The fraction of sp³-hybridized carbons (Fsp3) is 0.214. The Morgan fingerprint density at radius 3 is 2.61 bits per heavy atom. The van der Waals surface area contributed by atoms with Crippen molar-refractivity contribution >= 4 is 5.97 Å². The van der Waals surface area contributed by atoms with E-state index in [2.05, 4.69) is 9.97 Å². The summed E-state index contributed by atoms with van der Waals surface area (Å²) >= 11 is 0. The molecule has 0 radical (unpaired) electrons. The zero-order valence-electron chi connectivity index (χ0n) is 10.3. The van der Waals surface area contributed by atoms with Gasteiger partial charge in [0.25, 0.3) is 0 Å². The average Bonchev–Trinajstić information content (AvgIpc) is 2.27. The Morgan fingerprint density at radius 2 is 1.94 bits per heavy atom. The van der Waals surface area contributed by atoms with Crippen molar-refractivity contribution in [3.05, 3.63) is 47.4 Å². The summed E-state index contributed by atoms with van der Waals surface area (Å²) < 4.78 is 0. The molecule has 0 bridgehead atoms. The van der Waals surface area contributed by atoms with Gasteiger partial charge in [0.2, 0.25) is 0 Å². The monoisotopic (exact) mass is 242 g/mol. The molecule has 0 spiro atoms. The summed E-state index contributed by atoms with van der Waals surface area (Å²) in [5.74, 6) is -0.296. The molecule has 1 N–H and O–H groups in total. The number of aromatic nitrogens is 2. The second-order valence-corrected chi connectivity index (χ2v) is 4.18. The number of hydrogen-bond acceptors (Lipinski definition) is 3. The first kappa shape index (κ1) is 12.2. The number of rotatable bonds is 3. The van der Waals surface area contributed by atoms with Crippen LogP contribution in [0.5, 0.6) is 0 Å². The van der Waals surface area contributed by atoms with Crippen molar-refractivity contribution in [2.24, 2.45) is 0 Å². The molecule has 0 unspecified atom stereocenters. The van der Waals surface area contributed by atoms with Gasteiger partial charge in [-0.3, -0.25) is 4.79 Å². The summed E-state index contributed by atoms with van der Waals surface area (Å²) in [5.41, 5.74) is 3.43. The van der Waals surface area contributed by atoms with Gasteiger partial charge in [0.15, 0.2) is 0 Å². The fourth-order valence-corrected chi connectivity index (χ4v) is 1.87. The minimum Gasteiger partial charge on any atom is -0.481 e. The van der Waals surface area contributed by atoms with E-state index in [0.717, 1.165) is 16.8 Å². The van der Waals surface area contributed by atoms with Crippen molar-refractivity contribution in [3.8, 4) is 11.3 Å². The van der Waals surface area contributed by atoms with E-state index >= 15 is 0 Å². The Bertz CT molecular complexity index is 594. The Balaban J connectivity index is 2.48. The van der Waals surface area contributed by atoms with Gasteiger partial charge in [-0.1, -0.05) is 24.3 Å². The number of carboxylic acid groups (broad SMARTS) is 1. The molecule has 92 valence electrons. The van der Waals surface area contributed by atoms with Crippen molar-refractivity contribution in [2.45, 2.75) is 20.3 Å². The average molecular weight is 242 g/mol. The molecule has 18 heavy (non-hydrogen) atoms. The molecule has 2 aromatic rings. The molecule has 2 rings (SSSR count). The maximum absolute atomic E-state index is 10.7. The third-order valence-electron chi connectivity index (χ3n) is 2.64. The van der Waals surface area contributed by atoms with E-state index in [1.807, 2.05) is 31.2 Å². The van der Waals surface area contributed by atoms with Gasteiger partial charge in [-0.2, -0.15) is 0 Å². The molecule has 0 amide bonds. The van der Waals surface area contributed by atoms with Gasteiger partial charge in [-0.05, 0) is 25.5 Å². The Labute approximate surface area is 105 Å². The van der Waals surface area contributed by atoms with Crippen LogP contribution < -0.4 is 0 Å². The van der Waals surface area contributed by atoms with Gasteiger partial charge in [0, 0.05) is 5.56 Å². The van der Waals surface area contributed by atoms with Crippen LogP contribution in [0.3, 0.4) is 0 Å². The maximum atomic E-state index is 10.7. The summed E-state index contributed by atoms with van der Waals surface area (Å²) in [7, 11) is 0. The third-order valence-corrected chi connectivity index (χ3v) is 2.64. The molecular weight excluding hydrogens is 228 g/mol. The van der Waals surface area contributed by atoms with Crippen LogP contribution in [0.25, 0.3) is 11.3 Å². The highest BCUT2D eigenvalue weighted by atomic mass is 16.4. The Hall–Kier alpha value is -2.23. The van der Waals surface area contributed by atoms with Crippen LogP contribution in [0.15, 0.2) is 30.3 Å². The summed E-state index contributed by atoms with van der Waals surface area (Å²) in [6.07, 6.45) is -0.0811. The van der Waals surface area contributed by atoms with E-state index in [9.17, 15) is 4.79 Å². The van der Waals surface area contributed by atoms with Crippen LogP contribution in [0.1, 0.15) is 17.1 Å². The van der Waals surface area contributed by atoms with Crippen molar-refractivity contribution in [1.82, 2.24) is 9.97 Å². The van der Waals surface area contributed by atoms with Crippen molar-refractivity contribution < 1.29 is 9.90 Å². The molecular formula is C14H14N2O2. The molecule has 1 aromatic carbocycles. The van der Waals surface area contributed by atoms with E-state index in [-0.39, 0.29) is 6.42 Å². The SMILES string of the molecule is Cc1nc(CC(=O)O)cc(-c2ccccc2C)n1. The quantitative estimate of drug-likeness (QED) is 0.897. The normalized spacial score (nSPS) is 10.3. The lowest BCUT2D eigenvalue weighted by Gasteiger charge is -2.07. The van der Waals surface area contributed by atoms with Gasteiger partial charge in [0.1, 0.15) is 5.82 Å². The lowest BCUT2D eigenvalue weighted by atomic mass is 10.0. The summed E-state index contributed by atoms with van der Waals surface area (Å²) in [6, 6.07) is 9.62. The smallest absolute Gasteiger partial charge is 0.309 e. The number of carboxylic acids is 1. The maximum Gasteiger partial charge on any atom is 0.309 e. The van der Waals surface area contributed by atoms with Crippen molar-refractivity contribution in [2.75, 3.05) is 0 Å². The van der Waals surface area contributed by atoms with Crippen LogP contribution in [0, 0.1) is 13.8 Å². The van der Waals surface area contributed by atoms with Gasteiger partial charge in [-0.25, -0.2) is 9.97 Å². The number of aryl methyl sites for hydroxylation is 2. The molecule has 0 aliphatic heterocycles. The van der Waals surface area contributed by atoms with Gasteiger partial charge >= 0.3 is 5.97 Å². The van der Waals surface area contributed by atoms with E-state index in [1.165, 1.54) is 0 Å². The first-order valence-corrected chi connectivity index (χ1v) is 5.68. The van der Waals surface area contributed by atoms with E-state index < -0.39 is 5.97 Å². The molecule has 0 aliphatic rings. The predicted molar refractivity (Wildman–Crippen MR) is 68.3 cm³/mol. The zero-order valence-corrected chi connectivity index (χ0v) is 10.3. The van der Waals surface area contributed by atoms with Gasteiger partial charge < -0.3 is 5.11 Å². The topological polar surface area (TPSA) is 63.1 Å². The largest absolute Gasteiger partial charge is 0.481 e. The van der Waals surface area contributed by atoms with Crippen LogP contribution in [0.4, 0.5) is 0 Å².